The zero-order chi connectivity index (χ0) is 15.4. The first-order chi connectivity index (χ1) is 10.8. The van der Waals surface area contributed by atoms with Crippen LogP contribution in [0.25, 0.3) is 11.3 Å². The first kappa shape index (κ1) is 14.8. The van der Waals surface area contributed by atoms with Crippen LogP contribution in [0, 0.1) is 0 Å². The van der Waals surface area contributed by atoms with Crippen LogP contribution in [0.3, 0.4) is 0 Å². The molecule has 1 aliphatic rings. The van der Waals surface area contributed by atoms with Crippen LogP contribution >= 0.6 is 0 Å². The molecule has 0 bridgehead atoms. The summed E-state index contributed by atoms with van der Waals surface area (Å²) in [4.78, 5) is 11.7. The number of benzene rings is 1. The Labute approximate surface area is 129 Å². The Hall–Kier alpha value is -2.14. The van der Waals surface area contributed by atoms with Crippen LogP contribution in [0.5, 0.6) is 0 Å². The zero-order valence-corrected chi connectivity index (χ0v) is 12.5. The second-order valence-electron chi connectivity index (χ2n) is 5.88. The number of aromatic amines is 1. The number of H-pyrrole nitrogens is 1. The molecule has 0 aliphatic heterocycles. The summed E-state index contributed by atoms with van der Waals surface area (Å²) < 4.78 is 0. The first-order valence-electron chi connectivity index (χ1n) is 7.85. The largest absolute Gasteiger partial charge is 0.289 e. The molecule has 1 aliphatic carbocycles. The highest BCUT2D eigenvalue weighted by Crippen LogP contribution is 2.36. The number of nitrogens with zero attached hydrogens (tertiary/aromatic N) is 1. The summed E-state index contributed by atoms with van der Waals surface area (Å²) in [6.45, 7) is 0. The molecule has 1 amide bonds. The lowest BCUT2D eigenvalue weighted by atomic mass is 9.84. The van der Waals surface area contributed by atoms with Gasteiger partial charge in [0.1, 0.15) is 0 Å². The van der Waals surface area contributed by atoms with Crippen LogP contribution < -0.4 is 5.48 Å². The van der Waals surface area contributed by atoms with Gasteiger partial charge in [0.2, 0.25) is 5.91 Å². The lowest BCUT2D eigenvalue weighted by Gasteiger charge is -2.21. The average molecular weight is 299 g/mol. The summed E-state index contributed by atoms with van der Waals surface area (Å²) in [5.41, 5.74) is 5.49. The monoisotopic (exact) mass is 299 g/mol. The minimum absolute atomic E-state index is 0.142. The van der Waals surface area contributed by atoms with Gasteiger partial charge in [0, 0.05) is 22.7 Å². The second kappa shape index (κ2) is 6.75. The van der Waals surface area contributed by atoms with Gasteiger partial charge in [-0.15, -0.1) is 0 Å². The van der Waals surface area contributed by atoms with E-state index in [1.807, 2.05) is 30.3 Å². The van der Waals surface area contributed by atoms with Gasteiger partial charge in [-0.1, -0.05) is 49.6 Å². The minimum atomic E-state index is -0.407. The quantitative estimate of drug-likeness (QED) is 0.599. The molecule has 5 nitrogen and oxygen atoms in total. The molecule has 0 radical (unpaired) electrons. The van der Waals surface area contributed by atoms with E-state index < -0.39 is 5.91 Å². The van der Waals surface area contributed by atoms with Gasteiger partial charge in [-0.2, -0.15) is 5.10 Å². The number of hydrogen-bond donors (Lipinski definition) is 3. The molecule has 0 atom stereocenters. The zero-order valence-electron chi connectivity index (χ0n) is 12.5. The summed E-state index contributed by atoms with van der Waals surface area (Å²) in [6, 6.07) is 9.85. The third kappa shape index (κ3) is 3.04. The van der Waals surface area contributed by atoms with Crippen molar-refractivity contribution >= 4 is 5.91 Å². The molecule has 0 unspecified atom stereocenters. The van der Waals surface area contributed by atoms with Crippen LogP contribution in [0.15, 0.2) is 30.3 Å². The summed E-state index contributed by atoms with van der Waals surface area (Å²) in [7, 11) is 0. The Kier molecular flexibility index (Phi) is 4.53. The molecular weight excluding hydrogens is 278 g/mol. The number of nitrogens with one attached hydrogen (secondary N) is 2. The Balaban J connectivity index is 1.99. The lowest BCUT2D eigenvalue weighted by Crippen LogP contribution is -2.22. The van der Waals surface area contributed by atoms with Gasteiger partial charge in [0.15, 0.2) is 0 Å². The Morgan fingerprint density at radius 3 is 2.64 bits per heavy atom. The van der Waals surface area contributed by atoms with E-state index in [0.29, 0.717) is 5.92 Å². The Morgan fingerprint density at radius 1 is 1.23 bits per heavy atom. The van der Waals surface area contributed by atoms with Crippen molar-refractivity contribution in [2.45, 2.75) is 44.4 Å². The normalized spacial score (nSPS) is 15.7. The molecule has 116 valence electrons. The molecule has 0 saturated heterocycles. The maximum atomic E-state index is 11.7. The van der Waals surface area contributed by atoms with Crippen molar-refractivity contribution in [1.82, 2.24) is 15.7 Å². The predicted octanol–water partition coefficient (Wildman–Crippen LogP) is 3.17. The highest BCUT2D eigenvalue weighted by atomic mass is 16.5. The molecular formula is C17H21N3O2. The fraction of sp³-hybridized carbons (Fsp3) is 0.412. The molecule has 3 rings (SSSR count). The topological polar surface area (TPSA) is 78.0 Å². The fourth-order valence-corrected chi connectivity index (χ4v) is 3.32. The van der Waals surface area contributed by atoms with Crippen LogP contribution in [-0.2, 0) is 11.2 Å². The van der Waals surface area contributed by atoms with Gasteiger partial charge < -0.3 is 0 Å². The van der Waals surface area contributed by atoms with Crippen molar-refractivity contribution in [1.29, 1.82) is 0 Å². The van der Waals surface area contributed by atoms with E-state index in [4.69, 9.17) is 5.21 Å². The number of aromatic nitrogens is 2. The van der Waals surface area contributed by atoms with E-state index in [1.165, 1.54) is 19.3 Å². The number of amides is 1. The maximum Gasteiger partial charge on any atom is 0.247 e. The summed E-state index contributed by atoms with van der Waals surface area (Å²) in [6.07, 6.45) is 6.12. The van der Waals surface area contributed by atoms with Gasteiger partial charge in [-0.05, 0) is 12.8 Å². The van der Waals surface area contributed by atoms with E-state index in [9.17, 15) is 4.79 Å². The van der Waals surface area contributed by atoms with E-state index >= 15 is 0 Å². The molecule has 5 heteroatoms. The number of hydrogen-bond acceptors (Lipinski definition) is 3. The van der Waals surface area contributed by atoms with Crippen LogP contribution in [0.1, 0.15) is 49.3 Å². The Morgan fingerprint density at radius 2 is 1.95 bits per heavy atom. The maximum absolute atomic E-state index is 11.7. The van der Waals surface area contributed by atoms with Gasteiger partial charge in [0.25, 0.3) is 0 Å². The molecule has 1 aromatic heterocycles. The van der Waals surface area contributed by atoms with Gasteiger partial charge >= 0.3 is 0 Å². The van der Waals surface area contributed by atoms with Crippen molar-refractivity contribution in [3.05, 3.63) is 41.6 Å². The summed E-state index contributed by atoms with van der Waals surface area (Å²) >= 11 is 0. The van der Waals surface area contributed by atoms with Gasteiger partial charge in [-0.25, -0.2) is 5.48 Å². The van der Waals surface area contributed by atoms with E-state index in [2.05, 4.69) is 10.2 Å². The molecule has 1 fully saturated rings. The first-order valence-corrected chi connectivity index (χ1v) is 7.85. The third-order valence-electron chi connectivity index (χ3n) is 4.42. The van der Waals surface area contributed by atoms with E-state index in [-0.39, 0.29) is 6.42 Å². The van der Waals surface area contributed by atoms with Crippen molar-refractivity contribution in [2.75, 3.05) is 0 Å². The average Bonchev–Trinajstić information content (AvgIpc) is 3.00. The molecule has 22 heavy (non-hydrogen) atoms. The standard InChI is InChI=1S/C17H21N3O2/c21-15(20-22)11-14-16(12-7-3-1-4-8-12)18-19-17(14)13-9-5-2-6-10-13/h1,3-4,7-8,13,22H,2,5-6,9-11H2,(H,18,19)(H,20,21). The number of hydroxylamine groups is 1. The number of carbonyl (C=O) groups excluding carboxylic acids is 1. The lowest BCUT2D eigenvalue weighted by molar-refractivity contribution is -0.128. The molecule has 1 aromatic carbocycles. The SMILES string of the molecule is O=C(Cc1c(-c2ccccc2)n[nH]c1C1CCCCC1)NO. The van der Waals surface area contributed by atoms with Crippen LogP contribution in [0.4, 0.5) is 0 Å². The smallest absolute Gasteiger partial charge is 0.247 e. The third-order valence-corrected chi connectivity index (χ3v) is 4.42. The predicted molar refractivity (Wildman–Crippen MR) is 83.5 cm³/mol. The van der Waals surface area contributed by atoms with Crippen LogP contribution in [-0.4, -0.2) is 21.3 Å². The van der Waals surface area contributed by atoms with E-state index in [1.54, 1.807) is 5.48 Å². The highest BCUT2D eigenvalue weighted by molar-refractivity contribution is 5.80. The summed E-state index contributed by atoms with van der Waals surface area (Å²) in [5, 5.41) is 16.5. The molecule has 1 saturated carbocycles. The highest BCUT2D eigenvalue weighted by Gasteiger charge is 2.24. The number of rotatable bonds is 4. The summed E-state index contributed by atoms with van der Waals surface area (Å²) in [5.74, 6) is 0.0239. The van der Waals surface area contributed by atoms with Crippen molar-refractivity contribution < 1.29 is 10.0 Å². The van der Waals surface area contributed by atoms with Crippen molar-refractivity contribution in [3.8, 4) is 11.3 Å². The second-order valence-corrected chi connectivity index (χ2v) is 5.88. The van der Waals surface area contributed by atoms with Crippen molar-refractivity contribution in [3.63, 3.8) is 0 Å². The van der Waals surface area contributed by atoms with E-state index in [0.717, 1.165) is 35.4 Å². The van der Waals surface area contributed by atoms with Crippen LogP contribution in [0.2, 0.25) is 0 Å². The fourth-order valence-electron chi connectivity index (χ4n) is 3.32. The molecule has 2 aromatic rings. The van der Waals surface area contributed by atoms with Gasteiger partial charge in [-0.3, -0.25) is 15.1 Å². The van der Waals surface area contributed by atoms with Crippen molar-refractivity contribution in [2.24, 2.45) is 0 Å². The molecule has 1 heterocycles. The molecule has 3 N–H and O–H groups in total. The number of carbonyl (C=O) groups is 1. The van der Waals surface area contributed by atoms with Gasteiger partial charge in [0.05, 0.1) is 12.1 Å². The Bertz CT molecular complexity index is 631. The molecule has 0 spiro atoms. The minimum Gasteiger partial charge on any atom is -0.289 e.